The quantitative estimate of drug-likeness (QED) is 0.778. The predicted octanol–water partition coefficient (Wildman–Crippen LogP) is 4.00. The first-order chi connectivity index (χ1) is 12.3. The second kappa shape index (κ2) is 7.04. The van der Waals surface area contributed by atoms with Crippen molar-refractivity contribution in [3.63, 3.8) is 0 Å². The molecule has 130 valence electrons. The van der Waals surface area contributed by atoms with Gasteiger partial charge in [-0.1, -0.05) is 48.5 Å². The van der Waals surface area contributed by atoms with Crippen molar-refractivity contribution in [3.05, 3.63) is 72.3 Å². The summed E-state index contributed by atoms with van der Waals surface area (Å²) < 4.78 is 29.5. The average molecular weight is 356 g/mol. The molecule has 0 amide bonds. The smallest absolute Gasteiger partial charge is 0.417 e. The van der Waals surface area contributed by atoms with Crippen LogP contribution < -0.4 is 4.67 Å². The molecule has 2 heterocycles. The molecule has 0 unspecified atom stereocenters. The highest BCUT2D eigenvalue weighted by Gasteiger charge is 2.43. The van der Waals surface area contributed by atoms with Crippen molar-refractivity contribution in [1.82, 2.24) is 4.67 Å². The summed E-state index contributed by atoms with van der Waals surface area (Å²) in [4.78, 5) is 0. The summed E-state index contributed by atoms with van der Waals surface area (Å²) in [5, 5.41) is 0. The molecule has 5 nitrogen and oxygen atoms in total. The standard InChI is InChI=1S/C19H21N2O3P/c22-25(20-13-15-23-16-14-20)21(18-9-5-2-6-10-18)12-11-19(24-25)17-7-3-1-4-8-17/h1-11H,12-16H2/t25-/m1/s1. The molecular formula is C19H21N2O3P. The van der Waals surface area contributed by atoms with Gasteiger partial charge in [0.25, 0.3) is 0 Å². The molecule has 0 saturated carbocycles. The van der Waals surface area contributed by atoms with Crippen LogP contribution in [-0.2, 0) is 13.8 Å². The lowest BCUT2D eigenvalue weighted by Crippen LogP contribution is -2.41. The fourth-order valence-electron chi connectivity index (χ4n) is 3.13. The monoisotopic (exact) mass is 356 g/mol. The lowest BCUT2D eigenvalue weighted by atomic mass is 10.2. The molecule has 1 saturated heterocycles. The number of nitrogens with zero attached hydrogens (tertiary/aromatic N) is 2. The van der Waals surface area contributed by atoms with Crippen LogP contribution in [0.2, 0.25) is 0 Å². The molecule has 0 radical (unpaired) electrons. The van der Waals surface area contributed by atoms with Crippen molar-refractivity contribution >= 4 is 19.1 Å². The van der Waals surface area contributed by atoms with Crippen molar-refractivity contribution in [2.24, 2.45) is 0 Å². The number of para-hydroxylation sites is 1. The van der Waals surface area contributed by atoms with Gasteiger partial charge in [-0.25, -0.2) is 4.57 Å². The van der Waals surface area contributed by atoms with E-state index in [1.165, 1.54) is 0 Å². The maximum atomic E-state index is 14.0. The molecule has 1 fully saturated rings. The number of ether oxygens (including phenoxy) is 1. The van der Waals surface area contributed by atoms with Crippen LogP contribution in [0.1, 0.15) is 5.56 Å². The summed E-state index contributed by atoms with van der Waals surface area (Å²) in [6, 6.07) is 19.7. The Morgan fingerprint density at radius 3 is 2.20 bits per heavy atom. The van der Waals surface area contributed by atoms with Gasteiger partial charge in [-0.2, -0.15) is 4.67 Å². The Hall–Kier alpha value is -2.07. The fraction of sp³-hybridized carbons (Fsp3) is 0.263. The van der Waals surface area contributed by atoms with Crippen LogP contribution in [0.4, 0.5) is 5.69 Å². The van der Waals surface area contributed by atoms with Gasteiger partial charge in [-0.3, -0.25) is 4.67 Å². The van der Waals surface area contributed by atoms with Crippen LogP contribution in [0, 0.1) is 0 Å². The van der Waals surface area contributed by atoms with Gasteiger partial charge in [0.05, 0.1) is 19.8 Å². The third-order valence-corrected chi connectivity index (χ3v) is 6.98. The lowest BCUT2D eigenvalue weighted by molar-refractivity contribution is 0.0672. The van der Waals surface area contributed by atoms with Crippen molar-refractivity contribution in [3.8, 4) is 0 Å². The zero-order valence-electron chi connectivity index (χ0n) is 14.0. The van der Waals surface area contributed by atoms with E-state index in [4.69, 9.17) is 9.26 Å². The van der Waals surface area contributed by atoms with Crippen molar-refractivity contribution < 1.29 is 13.8 Å². The van der Waals surface area contributed by atoms with Crippen LogP contribution in [0.3, 0.4) is 0 Å². The van der Waals surface area contributed by atoms with Crippen LogP contribution in [-0.4, -0.2) is 37.5 Å². The molecule has 6 heteroatoms. The predicted molar refractivity (Wildman–Crippen MR) is 99.3 cm³/mol. The SMILES string of the molecule is O=[P@]1(N2CCOCC2)OC(c2ccccc2)=CCN1c1ccccc1. The van der Waals surface area contributed by atoms with Gasteiger partial charge < -0.3 is 9.26 Å². The van der Waals surface area contributed by atoms with Gasteiger partial charge in [0.2, 0.25) is 0 Å². The van der Waals surface area contributed by atoms with Crippen LogP contribution in [0.5, 0.6) is 0 Å². The van der Waals surface area contributed by atoms with E-state index in [9.17, 15) is 4.57 Å². The van der Waals surface area contributed by atoms with Crippen LogP contribution in [0.25, 0.3) is 5.76 Å². The Kier molecular flexibility index (Phi) is 4.62. The van der Waals surface area contributed by atoms with Crippen molar-refractivity contribution in [1.29, 1.82) is 0 Å². The van der Waals surface area contributed by atoms with Crippen molar-refractivity contribution in [2.45, 2.75) is 0 Å². The maximum Gasteiger partial charge on any atom is 0.422 e. The van der Waals surface area contributed by atoms with Crippen molar-refractivity contribution in [2.75, 3.05) is 37.5 Å². The van der Waals surface area contributed by atoms with E-state index in [1.54, 1.807) is 0 Å². The van der Waals surface area contributed by atoms with E-state index in [0.717, 1.165) is 11.3 Å². The largest absolute Gasteiger partial charge is 0.422 e. The summed E-state index contributed by atoms with van der Waals surface area (Å²) in [5.41, 5.74) is 1.85. The normalized spacial score (nSPS) is 24.5. The number of morpholine rings is 1. The molecule has 1 atom stereocenters. The van der Waals surface area contributed by atoms with Gasteiger partial charge in [0.15, 0.2) is 0 Å². The molecule has 0 N–H and O–H groups in total. The van der Waals surface area contributed by atoms with Gasteiger partial charge in [-0.15, -0.1) is 0 Å². The summed E-state index contributed by atoms with van der Waals surface area (Å²) in [5.74, 6) is 0.683. The third-order valence-electron chi connectivity index (χ3n) is 4.43. The zero-order chi connectivity index (χ0) is 17.1. The Labute approximate surface area is 148 Å². The topological polar surface area (TPSA) is 42.0 Å². The highest BCUT2D eigenvalue weighted by Crippen LogP contribution is 2.60. The minimum Gasteiger partial charge on any atom is -0.417 e. The molecule has 2 aromatic rings. The molecule has 0 spiro atoms. The average Bonchev–Trinajstić information content (AvgIpc) is 2.70. The molecule has 2 aliphatic heterocycles. The first kappa shape index (κ1) is 16.4. The van der Waals surface area contributed by atoms with Gasteiger partial charge >= 0.3 is 7.67 Å². The van der Waals surface area contributed by atoms with Gasteiger partial charge in [0, 0.05) is 24.3 Å². The fourth-order valence-corrected chi connectivity index (χ4v) is 5.47. The molecule has 4 rings (SSSR count). The molecule has 0 bridgehead atoms. The Balaban J connectivity index is 1.73. The number of rotatable bonds is 3. The Morgan fingerprint density at radius 2 is 1.52 bits per heavy atom. The zero-order valence-corrected chi connectivity index (χ0v) is 14.8. The van der Waals surface area contributed by atoms with Crippen LogP contribution >= 0.6 is 7.67 Å². The summed E-state index contributed by atoms with van der Waals surface area (Å²) in [6.45, 7) is 2.88. The highest BCUT2D eigenvalue weighted by atomic mass is 31.2. The molecule has 25 heavy (non-hydrogen) atoms. The van der Waals surface area contributed by atoms with E-state index in [0.29, 0.717) is 38.6 Å². The van der Waals surface area contributed by atoms with E-state index in [1.807, 2.05) is 76.1 Å². The molecular weight excluding hydrogens is 335 g/mol. The first-order valence-corrected chi connectivity index (χ1v) is 10.0. The molecule has 2 aliphatic rings. The highest BCUT2D eigenvalue weighted by molar-refractivity contribution is 7.58. The van der Waals surface area contributed by atoms with E-state index >= 15 is 0 Å². The second-order valence-corrected chi connectivity index (χ2v) is 8.21. The van der Waals surface area contributed by atoms with E-state index in [-0.39, 0.29) is 0 Å². The Bertz CT molecular complexity index is 789. The molecule has 0 aliphatic carbocycles. The maximum absolute atomic E-state index is 14.0. The number of benzene rings is 2. The summed E-state index contributed by atoms with van der Waals surface area (Å²) >= 11 is 0. The number of hydrogen-bond acceptors (Lipinski definition) is 3. The summed E-state index contributed by atoms with van der Waals surface area (Å²) in [6.07, 6.45) is 2.00. The van der Waals surface area contributed by atoms with Crippen LogP contribution in [0.15, 0.2) is 66.7 Å². The van der Waals surface area contributed by atoms with Gasteiger partial charge in [0.1, 0.15) is 5.76 Å². The lowest BCUT2D eigenvalue weighted by Gasteiger charge is -2.42. The Morgan fingerprint density at radius 1 is 0.880 bits per heavy atom. The minimum absolute atomic E-state index is 0.545. The first-order valence-electron chi connectivity index (χ1n) is 8.49. The van der Waals surface area contributed by atoms with E-state index < -0.39 is 7.67 Å². The molecule has 2 aromatic carbocycles. The third kappa shape index (κ3) is 3.23. The summed E-state index contributed by atoms with van der Waals surface area (Å²) in [7, 11) is -3.22. The van der Waals surface area contributed by atoms with Gasteiger partial charge in [-0.05, 0) is 18.2 Å². The molecule has 0 aromatic heterocycles. The van der Waals surface area contributed by atoms with E-state index in [2.05, 4.69) is 0 Å². The number of hydrogen-bond donors (Lipinski definition) is 0. The minimum atomic E-state index is -3.22. The second-order valence-electron chi connectivity index (χ2n) is 6.00. The number of anilines is 1.